The Morgan fingerprint density at radius 2 is 1.90 bits per heavy atom. The van der Waals surface area contributed by atoms with Gasteiger partial charge in [-0.05, 0) is 42.5 Å². The summed E-state index contributed by atoms with van der Waals surface area (Å²) in [6, 6.07) is 6.52. The van der Waals surface area contributed by atoms with Gasteiger partial charge in [0, 0.05) is 23.1 Å². The highest BCUT2D eigenvalue weighted by molar-refractivity contribution is 5.86. The van der Waals surface area contributed by atoms with Crippen molar-refractivity contribution < 1.29 is 9.90 Å². The Morgan fingerprint density at radius 3 is 2.45 bits per heavy atom. The number of carbonyl (C=O) groups is 1. The number of aliphatic carboxylic acids is 1. The lowest BCUT2D eigenvalue weighted by atomic mass is 9.86. The van der Waals surface area contributed by atoms with Crippen LogP contribution in [0.5, 0.6) is 0 Å². The van der Waals surface area contributed by atoms with Gasteiger partial charge < -0.3 is 9.67 Å². The molecule has 0 atom stereocenters. The van der Waals surface area contributed by atoms with Gasteiger partial charge >= 0.3 is 5.97 Å². The third-order valence-electron chi connectivity index (χ3n) is 4.05. The van der Waals surface area contributed by atoms with Crippen molar-refractivity contribution in [2.24, 2.45) is 0 Å². The van der Waals surface area contributed by atoms with Crippen LogP contribution in [0.2, 0.25) is 0 Å². The van der Waals surface area contributed by atoms with Crippen molar-refractivity contribution in [2.75, 3.05) is 0 Å². The smallest absolute Gasteiger partial charge is 0.305 e. The molecule has 3 nitrogen and oxygen atoms in total. The van der Waals surface area contributed by atoms with Crippen molar-refractivity contribution in [1.82, 2.24) is 4.57 Å². The second-order valence-electron chi connectivity index (χ2n) is 6.49. The van der Waals surface area contributed by atoms with E-state index in [-0.39, 0.29) is 11.8 Å². The highest BCUT2D eigenvalue weighted by Crippen LogP contribution is 2.30. The van der Waals surface area contributed by atoms with Crippen molar-refractivity contribution in [1.29, 1.82) is 0 Å². The molecule has 108 valence electrons. The molecule has 3 heteroatoms. The molecule has 0 aliphatic rings. The molecular formula is C17H23NO2. The van der Waals surface area contributed by atoms with Crippen LogP contribution in [0.25, 0.3) is 10.9 Å². The lowest BCUT2D eigenvalue weighted by molar-refractivity contribution is -0.137. The zero-order chi connectivity index (χ0) is 15.1. The second-order valence-corrected chi connectivity index (χ2v) is 6.49. The van der Waals surface area contributed by atoms with Gasteiger partial charge in [0.25, 0.3) is 0 Å². The number of carboxylic acids is 1. The van der Waals surface area contributed by atoms with Crippen LogP contribution in [0.1, 0.15) is 44.0 Å². The third-order valence-corrected chi connectivity index (χ3v) is 4.05. The Kier molecular flexibility index (Phi) is 3.63. The monoisotopic (exact) mass is 273 g/mol. The Labute approximate surface area is 120 Å². The highest BCUT2D eigenvalue weighted by Gasteiger charge is 2.17. The maximum atomic E-state index is 10.8. The van der Waals surface area contributed by atoms with Gasteiger partial charge in [-0.2, -0.15) is 0 Å². The third kappa shape index (κ3) is 2.58. The van der Waals surface area contributed by atoms with Crippen LogP contribution in [0.3, 0.4) is 0 Å². The first-order chi connectivity index (χ1) is 9.21. The van der Waals surface area contributed by atoms with Gasteiger partial charge in [-0.1, -0.05) is 26.8 Å². The minimum Gasteiger partial charge on any atom is -0.481 e. The first-order valence-corrected chi connectivity index (χ1v) is 7.03. The van der Waals surface area contributed by atoms with E-state index in [1.54, 1.807) is 0 Å². The van der Waals surface area contributed by atoms with E-state index in [1.165, 1.54) is 16.5 Å². The molecular weight excluding hydrogens is 250 g/mol. The summed E-state index contributed by atoms with van der Waals surface area (Å²) in [7, 11) is 0. The Hall–Kier alpha value is -1.77. The van der Waals surface area contributed by atoms with Crippen LogP contribution < -0.4 is 0 Å². The van der Waals surface area contributed by atoms with Crippen LogP contribution in [0.15, 0.2) is 18.2 Å². The number of hydrogen-bond acceptors (Lipinski definition) is 1. The summed E-state index contributed by atoms with van der Waals surface area (Å²) in [4.78, 5) is 10.8. The highest BCUT2D eigenvalue weighted by atomic mass is 16.4. The summed E-state index contributed by atoms with van der Waals surface area (Å²) in [5.74, 6) is -0.754. The summed E-state index contributed by atoms with van der Waals surface area (Å²) in [5, 5.41) is 10.1. The topological polar surface area (TPSA) is 42.2 Å². The molecule has 2 rings (SSSR count). The Balaban J connectivity index is 2.56. The molecule has 0 radical (unpaired) electrons. The molecule has 1 N–H and O–H groups in total. The number of aryl methyl sites for hydroxylation is 2. The van der Waals surface area contributed by atoms with Crippen LogP contribution in [-0.2, 0) is 16.8 Å². The number of nitrogens with zero attached hydrogens (tertiary/aromatic N) is 1. The molecule has 0 amide bonds. The fraction of sp³-hybridized carbons (Fsp3) is 0.471. The lowest BCUT2D eigenvalue weighted by Crippen LogP contribution is -2.10. The molecule has 1 aromatic carbocycles. The normalized spacial score (nSPS) is 12.1. The van der Waals surface area contributed by atoms with Gasteiger partial charge in [0.05, 0.1) is 6.42 Å². The molecule has 0 bridgehead atoms. The van der Waals surface area contributed by atoms with Crippen LogP contribution in [-0.4, -0.2) is 15.6 Å². The van der Waals surface area contributed by atoms with E-state index in [2.05, 4.69) is 57.4 Å². The molecule has 0 unspecified atom stereocenters. The molecule has 0 aliphatic carbocycles. The van der Waals surface area contributed by atoms with Gasteiger partial charge in [-0.15, -0.1) is 0 Å². The summed E-state index contributed by atoms with van der Waals surface area (Å²) >= 11 is 0. The molecule has 1 aromatic heterocycles. The van der Waals surface area contributed by atoms with Crippen molar-refractivity contribution in [3.8, 4) is 0 Å². The zero-order valence-electron chi connectivity index (χ0n) is 12.9. The molecule has 0 fully saturated rings. The lowest BCUT2D eigenvalue weighted by Gasteiger charge is -2.19. The number of benzene rings is 1. The van der Waals surface area contributed by atoms with Gasteiger partial charge in [0.2, 0.25) is 0 Å². The average molecular weight is 273 g/mol. The molecule has 0 saturated heterocycles. The van der Waals surface area contributed by atoms with Gasteiger partial charge in [0.15, 0.2) is 0 Å². The molecule has 0 spiro atoms. The zero-order valence-corrected chi connectivity index (χ0v) is 12.9. The number of rotatable bonds is 3. The summed E-state index contributed by atoms with van der Waals surface area (Å²) in [6.07, 6.45) is 0.158. The molecule has 2 aromatic rings. The molecule has 20 heavy (non-hydrogen) atoms. The minimum absolute atomic E-state index is 0.123. The largest absolute Gasteiger partial charge is 0.481 e. The molecule has 1 heterocycles. The maximum absolute atomic E-state index is 10.8. The molecule has 0 aliphatic heterocycles. The second kappa shape index (κ2) is 4.97. The number of fused-ring (bicyclic) bond motifs is 1. The van der Waals surface area contributed by atoms with Crippen molar-refractivity contribution in [3.05, 3.63) is 35.0 Å². The number of aromatic nitrogens is 1. The van der Waals surface area contributed by atoms with E-state index in [4.69, 9.17) is 5.11 Å². The first kappa shape index (κ1) is 14.6. The van der Waals surface area contributed by atoms with Crippen LogP contribution >= 0.6 is 0 Å². The predicted molar refractivity (Wildman–Crippen MR) is 82.4 cm³/mol. The van der Waals surface area contributed by atoms with Crippen molar-refractivity contribution in [3.63, 3.8) is 0 Å². The van der Waals surface area contributed by atoms with Gasteiger partial charge in [-0.25, -0.2) is 0 Å². The number of hydrogen-bond donors (Lipinski definition) is 1. The fourth-order valence-electron chi connectivity index (χ4n) is 2.61. The van der Waals surface area contributed by atoms with E-state index in [9.17, 15) is 4.79 Å². The van der Waals surface area contributed by atoms with E-state index < -0.39 is 5.97 Å². The SMILES string of the molecule is Cc1c(C)n(CCC(=O)O)c2ccc(C(C)(C)C)cc12. The quantitative estimate of drug-likeness (QED) is 0.917. The Bertz CT molecular complexity index is 660. The van der Waals surface area contributed by atoms with Crippen molar-refractivity contribution in [2.45, 2.75) is 53.0 Å². The number of carboxylic acid groups (broad SMARTS) is 1. The molecule has 0 saturated carbocycles. The summed E-state index contributed by atoms with van der Waals surface area (Å²) in [5.41, 5.74) is 4.97. The van der Waals surface area contributed by atoms with E-state index in [1.807, 2.05) is 0 Å². The van der Waals surface area contributed by atoms with Gasteiger partial charge in [0.1, 0.15) is 0 Å². The van der Waals surface area contributed by atoms with E-state index >= 15 is 0 Å². The van der Waals surface area contributed by atoms with Crippen LogP contribution in [0.4, 0.5) is 0 Å². The minimum atomic E-state index is -0.754. The standard InChI is InChI=1S/C17H23NO2/c1-11-12(2)18(9-8-16(19)20)15-7-6-13(10-14(11)15)17(3,4)5/h6-7,10H,8-9H2,1-5H3,(H,19,20). The fourth-order valence-corrected chi connectivity index (χ4v) is 2.61. The van der Waals surface area contributed by atoms with E-state index in [0.717, 1.165) is 11.2 Å². The first-order valence-electron chi connectivity index (χ1n) is 7.03. The Morgan fingerprint density at radius 1 is 1.25 bits per heavy atom. The van der Waals surface area contributed by atoms with Crippen LogP contribution in [0, 0.1) is 13.8 Å². The summed E-state index contributed by atoms with van der Waals surface area (Å²) in [6.45, 7) is 11.3. The van der Waals surface area contributed by atoms with Gasteiger partial charge in [-0.3, -0.25) is 4.79 Å². The summed E-state index contributed by atoms with van der Waals surface area (Å²) < 4.78 is 2.12. The van der Waals surface area contributed by atoms with E-state index in [0.29, 0.717) is 6.54 Å². The predicted octanol–water partition coefficient (Wildman–Crippen LogP) is 4.03. The maximum Gasteiger partial charge on any atom is 0.305 e. The van der Waals surface area contributed by atoms with Crippen molar-refractivity contribution >= 4 is 16.9 Å². The average Bonchev–Trinajstić information content (AvgIpc) is 2.58.